The number of nitrogens with zero attached hydrogens (tertiary/aromatic N) is 1. The minimum absolute atomic E-state index is 0.587. The molecule has 2 aromatic rings. The first-order chi connectivity index (χ1) is 8.77. The second-order valence-corrected chi connectivity index (χ2v) is 5.06. The molecule has 2 rings (SSSR count). The number of para-hydroxylation sites is 1. The van der Waals surface area contributed by atoms with E-state index in [0.717, 1.165) is 18.5 Å². The summed E-state index contributed by atoms with van der Waals surface area (Å²) < 4.78 is 0. The van der Waals surface area contributed by atoms with Crippen LogP contribution < -0.4 is 5.32 Å². The Morgan fingerprint density at radius 2 is 1.94 bits per heavy atom. The zero-order chi connectivity index (χ0) is 12.8. The maximum Gasteiger partial charge on any atom is 0.0733 e. The van der Waals surface area contributed by atoms with Crippen LogP contribution >= 0.6 is 0 Å². The van der Waals surface area contributed by atoms with Gasteiger partial charge in [-0.2, -0.15) is 0 Å². The molecule has 1 N–H and O–H groups in total. The van der Waals surface area contributed by atoms with Gasteiger partial charge in [0.05, 0.1) is 5.52 Å². The molecule has 0 saturated heterocycles. The van der Waals surface area contributed by atoms with Gasteiger partial charge in [0.15, 0.2) is 0 Å². The van der Waals surface area contributed by atoms with Crippen molar-refractivity contribution < 1.29 is 0 Å². The van der Waals surface area contributed by atoms with E-state index in [1.807, 2.05) is 12.3 Å². The standard InChI is InChI=1S/C16H22N2/c1-13(2)17-11-4-3-7-14-8-5-9-15-10-6-12-18-16(14)15/h5-6,8-10,12-13,17H,3-4,7,11H2,1-2H3. The average Bonchev–Trinajstić information content (AvgIpc) is 2.38. The zero-order valence-corrected chi connectivity index (χ0v) is 11.3. The van der Waals surface area contributed by atoms with Gasteiger partial charge in [0, 0.05) is 17.6 Å². The number of hydrogen-bond donors (Lipinski definition) is 1. The van der Waals surface area contributed by atoms with Crippen molar-refractivity contribution in [2.75, 3.05) is 6.54 Å². The van der Waals surface area contributed by atoms with Crippen LogP contribution in [0.2, 0.25) is 0 Å². The van der Waals surface area contributed by atoms with Crippen LogP contribution in [0.25, 0.3) is 10.9 Å². The summed E-state index contributed by atoms with van der Waals surface area (Å²) in [5.74, 6) is 0. The lowest BCUT2D eigenvalue weighted by molar-refractivity contribution is 0.558. The highest BCUT2D eigenvalue weighted by Gasteiger charge is 2.01. The Bertz CT molecular complexity index is 486. The third kappa shape index (κ3) is 3.54. The lowest BCUT2D eigenvalue weighted by Crippen LogP contribution is -2.23. The first-order valence-electron chi connectivity index (χ1n) is 6.83. The Hall–Kier alpha value is -1.41. The monoisotopic (exact) mass is 242 g/mol. The normalized spacial score (nSPS) is 11.3. The molecule has 96 valence electrons. The Labute approximate surface area is 109 Å². The molecule has 2 heteroatoms. The molecule has 0 bridgehead atoms. The van der Waals surface area contributed by atoms with E-state index in [-0.39, 0.29) is 0 Å². The van der Waals surface area contributed by atoms with Gasteiger partial charge >= 0.3 is 0 Å². The third-order valence-corrected chi connectivity index (χ3v) is 3.14. The fourth-order valence-electron chi connectivity index (χ4n) is 2.20. The van der Waals surface area contributed by atoms with Crippen molar-refractivity contribution in [1.29, 1.82) is 0 Å². The second kappa shape index (κ2) is 6.50. The van der Waals surface area contributed by atoms with E-state index in [9.17, 15) is 0 Å². The highest BCUT2D eigenvalue weighted by atomic mass is 14.9. The summed E-state index contributed by atoms with van der Waals surface area (Å²) in [4.78, 5) is 4.49. The topological polar surface area (TPSA) is 24.9 Å². The molecule has 0 spiro atoms. The Morgan fingerprint density at radius 3 is 2.78 bits per heavy atom. The van der Waals surface area contributed by atoms with Crippen molar-refractivity contribution in [2.24, 2.45) is 0 Å². The molecule has 0 amide bonds. The van der Waals surface area contributed by atoms with Gasteiger partial charge in [-0.05, 0) is 37.4 Å². The Kier molecular flexibility index (Phi) is 4.71. The number of hydrogen-bond acceptors (Lipinski definition) is 2. The van der Waals surface area contributed by atoms with Crippen LogP contribution in [0.4, 0.5) is 0 Å². The number of pyridine rings is 1. The molecule has 0 atom stereocenters. The van der Waals surface area contributed by atoms with Gasteiger partial charge in [0.1, 0.15) is 0 Å². The number of aryl methyl sites for hydroxylation is 1. The molecule has 0 aliphatic rings. The van der Waals surface area contributed by atoms with E-state index in [0.29, 0.717) is 6.04 Å². The van der Waals surface area contributed by atoms with Crippen LogP contribution in [0.15, 0.2) is 36.5 Å². The quantitative estimate of drug-likeness (QED) is 0.783. The van der Waals surface area contributed by atoms with E-state index in [1.54, 1.807) is 0 Å². The summed E-state index contributed by atoms with van der Waals surface area (Å²) in [7, 11) is 0. The maximum atomic E-state index is 4.49. The number of fused-ring (bicyclic) bond motifs is 1. The van der Waals surface area contributed by atoms with Crippen molar-refractivity contribution in [3.63, 3.8) is 0 Å². The average molecular weight is 242 g/mol. The molecule has 1 heterocycles. The number of rotatable bonds is 6. The summed E-state index contributed by atoms with van der Waals surface area (Å²) in [6.07, 6.45) is 5.44. The second-order valence-electron chi connectivity index (χ2n) is 5.06. The molecule has 1 aromatic heterocycles. The molecule has 0 saturated carbocycles. The maximum absolute atomic E-state index is 4.49. The first kappa shape index (κ1) is 13.0. The van der Waals surface area contributed by atoms with Gasteiger partial charge in [-0.1, -0.05) is 38.1 Å². The number of benzene rings is 1. The third-order valence-electron chi connectivity index (χ3n) is 3.14. The van der Waals surface area contributed by atoms with Crippen LogP contribution in [0, 0.1) is 0 Å². The number of aromatic nitrogens is 1. The summed E-state index contributed by atoms with van der Waals surface area (Å²) in [5, 5.41) is 4.70. The SMILES string of the molecule is CC(C)NCCCCc1cccc2cccnc12. The molecule has 2 nitrogen and oxygen atoms in total. The lowest BCUT2D eigenvalue weighted by Gasteiger charge is -2.08. The zero-order valence-electron chi connectivity index (χ0n) is 11.3. The molecule has 1 aromatic carbocycles. The fraction of sp³-hybridized carbons (Fsp3) is 0.438. The van der Waals surface area contributed by atoms with E-state index in [2.05, 4.69) is 48.4 Å². The summed E-state index contributed by atoms with van der Waals surface area (Å²) in [5.41, 5.74) is 2.54. The summed E-state index contributed by atoms with van der Waals surface area (Å²) in [6, 6.07) is 11.2. The van der Waals surface area contributed by atoms with Crippen LogP contribution in [-0.2, 0) is 6.42 Å². The first-order valence-corrected chi connectivity index (χ1v) is 6.83. The van der Waals surface area contributed by atoms with Crippen LogP contribution in [0.1, 0.15) is 32.3 Å². The van der Waals surface area contributed by atoms with Gasteiger partial charge in [0.25, 0.3) is 0 Å². The van der Waals surface area contributed by atoms with Crippen LogP contribution in [0.3, 0.4) is 0 Å². The fourth-order valence-corrected chi connectivity index (χ4v) is 2.20. The number of nitrogens with one attached hydrogen (secondary N) is 1. The van der Waals surface area contributed by atoms with E-state index in [4.69, 9.17) is 0 Å². The van der Waals surface area contributed by atoms with Crippen molar-refractivity contribution in [2.45, 2.75) is 39.2 Å². The number of unbranched alkanes of at least 4 members (excludes halogenated alkanes) is 1. The van der Waals surface area contributed by atoms with Crippen LogP contribution in [0.5, 0.6) is 0 Å². The molecule has 18 heavy (non-hydrogen) atoms. The summed E-state index contributed by atoms with van der Waals surface area (Å²) in [6.45, 7) is 5.49. The van der Waals surface area contributed by atoms with Gasteiger partial charge in [0.2, 0.25) is 0 Å². The van der Waals surface area contributed by atoms with E-state index in [1.165, 1.54) is 23.8 Å². The molecule has 0 aliphatic heterocycles. The van der Waals surface area contributed by atoms with E-state index < -0.39 is 0 Å². The highest BCUT2D eigenvalue weighted by molar-refractivity contribution is 5.81. The minimum atomic E-state index is 0.587. The predicted molar refractivity (Wildman–Crippen MR) is 77.8 cm³/mol. The minimum Gasteiger partial charge on any atom is -0.315 e. The predicted octanol–water partition coefficient (Wildman–Crippen LogP) is 3.56. The van der Waals surface area contributed by atoms with Crippen molar-refractivity contribution in [1.82, 2.24) is 10.3 Å². The highest BCUT2D eigenvalue weighted by Crippen LogP contribution is 2.17. The lowest BCUT2D eigenvalue weighted by atomic mass is 10.0. The molecular weight excluding hydrogens is 220 g/mol. The van der Waals surface area contributed by atoms with Crippen molar-refractivity contribution in [3.05, 3.63) is 42.1 Å². The van der Waals surface area contributed by atoms with Gasteiger partial charge in [-0.3, -0.25) is 4.98 Å². The van der Waals surface area contributed by atoms with Gasteiger partial charge < -0.3 is 5.32 Å². The summed E-state index contributed by atoms with van der Waals surface area (Å²) >= 11 is 0. The van der Waals surface area contributed by atoms with Crippen LogP contribution in [-0.4, -0.2) is 17.6 Å². The Morgan fingerprint density at radius 1 is 1.11 bits per heavy atom. The van der Waals surface area contributed by atoms with Crippen molar-refractivity contribution >= 4 is 10.9 Å². The van der Waals surface area contributed by atoms with E-state index >= 15 is 0 Å². The largest absolute Gasteiger partial charge is 0.315 e. The Balaban J connectivity index is 1.91. The van der Waals surface area contributed by atoms with Gasteiger partial charge in [-0.25, -0.2) is 0 Å². The molecule has 0 radical (unpaired) electrons. The smallest absolute Gasteiger partial charge is 0.0733 e. The molecule has 0 fully saturated rings. The molecule has 0 aliphatic carbocycles. The molecular formula is C16H22N2. The van der Waals surface area contributed by atoms with Gasteiger partial charge in [-0.15, -0.1) is 0 Å². The molecule has 0 unspecified atom stereocenters. The van der Waals surface area contributed by atoms with Crippen molar-refractivity contribution in [3.8, 4) is 0 Å².